The number of carbonyl (C=O) groups excluding carboxylic acids is 1. The van der Waals surface area contributed by atoms with E-state index in [2.05, 4.69) is 4.98 Å². The summed E-state index contributed by atoms with van der Waals surface area (Å²) >= 11 is 0. The minimum Gasteiger partial charge on any atom is -0.389 e. The van der Waals surface area contributed by atoms with Crippen molar-refractivity contribution in [1.29, 1.82) is 0 Å². The molecule has 29 heavy (non-hydrogen) atoms. The van der Waals surface area contributed by atoms with Crippen molar-refractivity contribution in [3.8, 4) is 0 Å². The van der Waals surface area contributed by atoms with Crippen LogP contribution in [0.5, 0.6) is 0 Å². The van der Waals surface area contributed by atoms with Crippen LogP contribution in [0.1, 0.15) is 10.4 Å². The molecule has 11 nitrogen and oxygen atoms in total. The molecule has 1 atom stereocenters. The average molecular weight is 419 g/mol. The van der Waals surface area contributed by atoms with Gasteiger partial charge in [0.1, 0.15) is 4.90 Å². The summed E-state index contributed by atoms with van der Waals surface area (Å²) in [5, 5.41) is 10.5. The molecule has 1 amide bonds. The zero-order valence-corrected chi connectivity index (χ0v) is 16.3. The fourth-order valence-electron chi connectivity index (χ4n) is 3.42. The number of aliphatic hydroxyl groups is 1. The van der Waals surface area contributed by atoms with Gasteiger partial charge in [-0.1, -0.05) is 12.1 Å². The van der Waals surface area contributed by atoms with Crippen molar-refractivity contribution in [1.82, 2.24) is 23.0 Å². The van der Waals surface area contributed by atoms with E-state index in [9.17, 15) is 27.9 Å². The maximum Gasteiger partial charge on any atom is 0.332 e. The van der Waals surface area contributed by atoms with E-state index in [1.165, 1.54) is 47.8 Å². The number of rotatable bonds is 4. The van der Waals surface area contributed by atoms with E-state index in [1.54, 1.807) is 6.07 Å². The number of β-amino-alcohol motifs (C(OH)–C–C–N with tert-alkyl or cyclic N) is 1. The number of hydrogen-bond donors (Lipinski definition) is 1. The second kappa shape index (κ2) is 6.39. The number of benzene rings is 1. The van der Waals surface area contributed by atoms with E-state index in [-0.39, 0.29) is 28.2 Å². The number of amides is 1. The molecule has 3 aromatic rings. The maximum atomic E-state index is 12.6. The highest BCUT2D eigenvalue weighted by Crippen LogP contribution is 2.30. The normalized spacial score (nSPS) is 16.4. The Kier molecular flexibility index (Phi) is 4.20. The zero-order chi connectivity index (χ0) is 21.1. The molecule has 1 aliphatic heterocycles. The number of aliphatic hydroxyl groups excluding tert-OH is 1. The Bertz CT molecular complexity index is 1380. The molecule has 1 aliphatic rings. The summed E-state index contributed by atoms with van der Waals surface area (Å²) < 4.78 is 29.3. The number of nitrogens with zero attached hydrogens (tertiary/aromatic N) is 5. The van der Waals surface area contributed by atoms with Crippen molar-refractivity contribution >= 4 is 27.1 Å². The molecular formula is C17H17N5O6S. The van der Waals surface area contributed by atoms with Gasteiger partial charge in [-0.05, 0) is 12.1 Å². The molecule has 0 radical (unpaired) electrons. The quantitative estimate of drug-likeness (QED) is 0.551. The first-order valence-electron chi connectivity index (χ1n) is 8.59. The number of aryl methyl sites for hydroxylation is 1. The molecule has 0 aliphatic carbocycles. The minimum absolute atomic E-state index is 0.0525. The molecule has 4 rings (SSSR count). The summed E-state index contributed by atoms with van der Waals surface area (Å²) in [6, 6.07) is 5.82. The van der Waals surface area contributed by atoms with Crippen LogP contribution < -0.4 is 11.2 Å². The lowest BCUT2D eigenvalue weighted by molar-refractivity contribution is 0.0772. The molecule has 1 aromatic carbocycles. The first kappa shape index (κ1) is 19.1. The summed E-state index contributed by atoms with van der Waals surface area (Å²) in [7, 11) is -1.26. The van der Waals surface area contributed by atoms with Gasteiger partial charge in [0.25, 0.3) is 21.5 Å². The van der Waals surface area contributed by atoms with Gasteiger partial charge in [-0.3, -0.25) is 18.7 Å². The Morgan fingerprint density at radius 1 is 1.07 bits per heavy atom. The minimum atomic E-state index is -4.05. The van der Waals surface area contributed by atoms with E-state index in [0.717, 1.165) is 4.57 Å². The van der Waals surface area contributed by atoms with Crippen LogP contribution in [0.25, 0.3) is 11.2 Å². The topological polar surface area (TPSA) is 136 Å². The van der Waals surface area contributed by atoms with E-state index in [4.69, 9.17) is 0 Å². The number of carbonyl (C=O) groups is 1. The van der Waals surface area contributed by atoms with E-state index < -0.39 is 39.8 Å². The molecule has 152 valence electrons. The third-order valence-corrected chi connectivity index (χ3v) is 6.72. The van der Waals surface area contributed by atoms with Crippen molar-refractivity contribution in [2.24, 2.45) is 14.1 Å². The molecule has 2 aromatic heterocycles. The van der Waals surface area contributed by atoms with Gasteiger partial charge in [0.15, 0.2) is 11.2 Å². The number of sulfonamides is 1. The Hall–Kier alpha value is -3.25. The summed E-state index contributed by atoms with van der Waals surface area (Å²) in [4.78, 5) is 40.9. The molecular weight excluding hydrogens is 402 g/mol. The van der Waals surface area contributed by atoms with Crippen LogP contribution in [0.3, 0.4) is 0 Å². The number of aromatic nitrogens is 4. The molecule has 0 saturated carbocycles. The third-order valence-electron chi connectivity index (χ3n) is 4.91. The Balaban J connectivity index is 1.65. The maximum absolute atomic E-state index is 12.6. The van der Waals surface area contributed by atoms with Gasteiger partial charge in [-0.2, -0.15) is 0 Å². The van der Waals surface area contributed by atoms with Gasteiger partial charge in [0.05, 0.1) is 31.1 Å². The van der Waals surface area contributed by atoms with Gasteiger partial charge in [0.2, 0.25) is 0 Å². The molecule has 0 spiro atoms. The third kappa shape index (κ3) is 2.71. The number of fused-ring (bicyclic) bond motifs is 2. The average Bonchev–Trinajstić information content (AvgIpc) is 3.18. The second-order valence-electron chi connectivity index (χ2n) is 6.77. The van der Waals surface area contributed by atoms with Crippen LogP contribution in [0, 0.1) is 0 Å². The van der Waals surface area contributed by atoms with Gasteiger partial charge < -0.3 is 9.67 Å². The van der Waals surface area contributed by atoms with Gasteiger partial charge in [-0.25, -0.2) is 22.5 Å². The smallest absolute Gasteiger partial charge is 0.332 e. The predicted molar refractivity (Wildman–Crippen MR) is 101 cm³/mol. The highest BCUT2D eigenvalue weighted by Gasteiger charge is 2.41. The Labute approximate surface area is 164 Å². The van der Waals surface area contributed by atoms with E-state index in [1.807, 2.05) is 0 Å². The van der Waals surface area contributed by atoms with Crippen LogP contribution in [0.2, 0.25) is 0 Å². The highest BCUT2D eigenvalue weighted by atomic mass is 32.2. The number of hydrogen-bond acceptors (Lipinski definition) is 7. The van der Waals surface area contributed by atoms with Crippen molar-refractivity contribution < 1.29 is 18.3 Å². The molecule has 3 heterocycles. The molecule has 1 N–H and O–H groups in total. The van der Waals surface area contributed by atoms with Gasteiger partial charge >= 0.3 is 5.69 Å². The summed E-state index contributed by atoms with van der Waals surface area (Å²) in [5.74, 6) is -0.714. The second-order valence-corrected chi connectivity index (χ2v) is 8.60. The molecule has 12 heteroatoms. The van der Waals surface area contributed by atoms with Gasteiger partial charge in [-0.15, -0.1) is 0 Å². The molecule has 1 unspecified atom stereocenters. The fourth-order valence-corrected chi connectivity index (χ4v) is 5.03. The van der Waals surface area contributed by atoms with Gasteiger partial charge in [0, 0.05) is 14.1 Å². The SMILES string of the molecule is Cn1c(=O)c2c(ncn2CC(O)CN2C(=O)c3ccccc3S2(=O)=O)n(C)c1=O. The van der Waals surface area contributed by atoms with E-state index in [0.29, 0.717) is 4.31 Å². The predicted octanol–water partition coefficient (Wildman–Crippen LogP) is -1.36. The molecule has 0 bridgehead atoms. The van der Waals surface area contributed by atoms with Crippen LogP contribution >= 0.6 is 0 Å². The molecule has 0 fully saturated rings. The van der Waals surface area contributed by atoms with Crippen LogP contribution in [-0.2, 0) is 30.7 Å². The first-order valence-corrected chi connectivity index (χ1v) is 10.0. The van der Waals surface area contributed by atoms with Crippen molar-refractivity contribution in [2.75, 3.05) is 6.54 Å². The van der Waals surface area contributed by atoms with Crippen LogP contribution in [0.15, 0.2) is 45.1 Å². The summed E-state index contributed by atoms with van der Waals surface area (Å²) in [6.45, 7) is -0.679. The fraction of sp³-hybridized carbons (Fsp3) is 0.294. The zero-order valence-electron chi connectivity index (χ0n) is 15.5. The molecule has 0 saturated heterocycles. The van der Waals surface area contributed by atoms with Crippen molar-refractivity contribution in [3.63, 3.8) is 0 Å². The standard InChI is InChI=1S/C17H17N5O6S/c1-19-14-13(16(25)20(2)17(19)26)21(9-18-14)7-10(23)8-22-15(24)11-5-3-4-6-12(11)29(22,27)28/h3-6,9-10,23H,7-8H2,1-2H3. The lowest BCUT2D eigenvalue weighted by atomic mass is 10.2. The Morgan fingerprint density at radius 3 is 2.45 bits per heavy atom. The van der Waals surface area contributed by atoms with Crippen LogP contribution in [0.4, 0.5) is 0 Å². The Morgan fingerprint density at radius 2 is 1.76 bits per heavy atom. The monoisotopic (exact) mass is 419 g/mol. The van der Waals surface area contributed by atoms with Crippen molar-refractivity contribution in [2.45, 2.75) is 17.5 Å². The largest absolute Gasteiger partial charge is 0.389 e. The lowest BCUT2D eigenvalue weighted by Gasteiger charge is -2.19. The first-order chi connectivity index (χ1) is 13.6. The van der Waals surface area contributed by atoms with Crippen LogP contribution in [-0.4, -0.2) is 55.1 Å². The summed E-state index contributed by atoms with van der Waals surface area (Å²) in [5.41, 5.74) is -0.850. The van der Waals surface area contributed by atoms with E-state index >= 15 is 0 Å². The van der Waals surface area contributed by atoms with Crippen molar-refractivity contribution in [3.05, 3.63) is 57.0 Å². The number of imidazole rings is 1. The lowest BCUT2D eigenvalue weighted by Crippen LogP contribution is -2.40. The summed E-state index contributed by atoms with van der Waals surface area (Å²) in [6.07, 6.45) is -0.0218. The highest BCUT2D eigenvalue weighted by molar-refractivity contribution is 7.90.